The summed E-state index contributed by atoms with van der Waals surface area (Å²) in [5.41, 5.74) is 3.21. The molecule has 0 radical (unpaired) electrons. The summed E-state index contributed by atoms with van der Waals surface area (Å²) in [6.07, 6.45) is 0. The van der Waals surface area contributed by atoms with Gasteiger partial charge in [0.1, 0.15) is 0 Å². The fraction of sp³-hybridized carbons (Fsp3) is 0.571. The van der Waals surface area contributed by atoms with Gasteiger partial charge in [-0.15, -0.1) is 0 Å². The average molecular weight is 296 g/mol. The minimum Gasteiger partial charge on any atom is -0.0561 e. The van der Waals surface area contributed by atoms with Crippen molar-refractivity contribution in [2.75, 3.05) is 0 Å². The van der Waals surface area contributed by atoms with E-state index >= 15 is 0 Å². The summed E-state index contributed by atoms with van der Waals surface area (Å²) in [6.45, 7) is 13.5. The molecular formula is C14H23BrMg. The first-order valence-corrected chi connectivity index (χ1v) is 6.21. The number of benzene rings is 1. The lowest BCUT2D eigenvalue weighted by molar-refractivity contribution is 0.568. The normalized spacial score (nSPS) is 12.2. The maximum absolute atomic E-state index is 3.60. The van der Waals surface area contributed by atoms with Crippen LogP contribution in [0.25, 0.3) is 0 Å². The van der Waals surface area contributed by atoms with Crippen LogP contribution in [0.1, 0.15) is 52.7 Å². The highest BCUT2D eigenvalue weighted by molar-refractivity contribution is 9.10. The Morgan fingerprint density at radius 1 is 0.750 bits per heavy atom. The molecule has 0 aromatic heterocycles. The number of rotatable bonds is 0. The van der Waals surface area contributed by atoms with Gasteiger partial charge < -0.3 is 0 Å². The molecule has 0 atom stereocenters. The van der Waals surface area contributed by atoms with E-state index in [0.29, 0.717) is 0 Å². The first kappa shape index (κ1) is 16.5. The van der Waals surface area contributed by atoms with Crippen molar-refractivity contribution in [3.05, 3.63) is 33.8 Å². The van der Waals surface area contributed by atoms with Crippen molar-refractivity contribution in [3.8, 4) is 0 Å². The molecule has 0 aliphatic rings. The molecule has 1 rings (SSSR count). The third-order valence-electron chi connectivity index (χ3n) is 2.63. The van der Waals surface area contributed by atoms with E-state index in [1.807, 2.05) is 0 Å². The molecule has 0 aliphatic heterocycles. The first-order valence-electron chi connectivity index (χ1n) is 5.42. The van der Waals surface area contributed by atoms with Crippen LogP contribution >= 0.6 is 15.9 Å². The summed E-state index contributed by atoms with van der Waals surface area (Å²) in [5, 5.41) is 0. The van der Waals surface area contributed by atoms with Crippen molar-refractivity contribution in [3.63, 3.8) is 0 Å². The summed E-state index contributed by atoms with van der Waals surface area (Å²) >= 11 is 3.60. The lowest BCUT2D eigenvalue weighted by atomic mass is 9.81. The number of halogens is 1. The van der Waals surface area contributed by atoms with Crippen LogP contribution in [0.15, 0.2) is 22.7 Å². The van der Waals surface area contributed by atoms with Crippen molar-refractivity contribution >= 4 is 39.0 Å². The van der Waals surface area contributed by atoms with E-state index in [1.54, 1.807) is 0 Å². The van der Waals surface area contributed by atoms with Gasteiger partial charge in [0.05, 0.1) is 0 Å². The quantitative estimate of drug-likeness (QED) is 0.631. The topological polar surface area (TPSA) is 0 Å². The Kier molecular flexibility index (Phi) is 5.56. The summed E-state index contributed by atoms with van der Waals surface area (Å²) in [6, 6.07) is 6.76. The summed E-state index contributed by atoms with van der Waals surface area (Å²) < 4.78 is 1.18. The standard InChI is InChI=1S/C14H21Br.Mg.2H/c1-13(2,3)10-7-11(14(4,5)6)9-12(15)8-10;;;/h7-9H,1-6H3;;;. The largest absolute Gasteiger partial charge is 0.316 e. The Labute approximate surface area is 124 Å². The molecule has 0 nitrogen and oxygen atoms in total. The predicted molar refractivity (Wildman–Crippen MR) is 80.1 cm³/mol. The lowest BCUT2D eigenvalue weighted by Crippen LogP contribution is -2.16. The number of hydrogen-bond acceptors (Lipinski definition) is 0. The Hall–Kier alpha value is 0.466. The smallest absolute Gasteiger partial charge is 0.0561 e. The van der Waals surface area contributed by atoms with Gasteiger partial charge in [0.2, 0.25) is 0 Å². The molecule has 2 heteroatoms. The van der Waals surface area contributed by atoms with E-state index in [-0.39, 0.29) is 33.9 Å². The minimum atomic E-state index is 0. The first-order chi connectivity index (χ1) is 6.60. The summed E-state index contributed by atoms with van der Waals surface area (Å²) in [5.74, 6) is 0. The second-order valence-electron chi connectivity index (χ2n) is 6.23. The van der Waals surface area contributed by atoms with E-state index in [2.05, 4.69) is 75.7 Å². The van der Waals surface area contributed by atoms with Crippen LogP contribution < -0.4 is 0 Å². The molecule has 0 spiro atoms. The van der Waals surface area contributed by atoms with E-state index < -0.39 is 0 Å². The molecule has 0 bridgehead atoms. The molecular weight excluding hydrogens is 272 g/mol. The molecule has 0 N–H and O–H groups in total. The molecule has 0 aliphatic carbocycles. The molecule has 1 aromatic rings. The van der Waals surface area contributed by atoms with E-state index in [4.69, 9.17) is 0 Å². The van der Waals surface area contributed by atoms with Gasteiger partial charge >= 0.3 is 23.1 Å². The SMILES string of the molecule is CC(C)(C)c1cc(Br)cc(C(C)(C)C)c1.[MgH2]. The van der Waals surface area contributed by atoms with E-state index in [0.717, 1.165) is 0 Å². The van der Waals surface area contributed by atoms with Gasteiger partial charge in [-0.25, -0.2) is 0 Å². The van der Waals surface area contributed by atoms with Gasteiger partial charge in [-0.2, -0.15) is 0 Å². The third kappa shape index (κ3) is 4.38. The zero-order chi connectivity index (χ0) is 11.9. The summed E-state index contributed by atoms with van der Waals surface area (Å²) in [7, 11) is 0. The van der Waals surface area contributed by atoms with E-state index in [9.17, 15) is 0 Å². The second kappa shape index (κ2) is 5.41. The van der Waals surface area contributed by atoms with Gasteiger partial charge in [0.25, 0.3) is 0 Å². The lowest BCUT2D eigenvalue weighted by Gasteiger charge is -2.25. The highest BCUT2D eigenvalue weighted by Crippen LogP contribution is 2.31. The molecule has 0 saturated carbocycles. The fourth-order valence-corrected chi connectivity index (χ4v) is 1.95. The molecule has 0 fully saturated rings. The van der Waals surface area contributed by atoms with Crippen molar-refractivity contribution in [2.45, 2.75) is 52.4 Å². The van der Waals surface area contributed by atoms with Crippen molar-refractivity contribution < 1.29 is 0 Å². The van der Waals surface area contributed by atoms with Gasteiger partial charge in [-0.3, -0.25) is 0 Å². The Balaban J connectivity index is 0.00000225. The molecule has 0 amide bonds. The highest BCUT2D eigenvalue weighted by Gasteiger charge is 2.19. The highest BCUT2D eigenvalue weighted by atomic mass is 79.9. The average Bonchev–Trinajstić information content (AvgIpc) is 1.99. The van der Waals surface area contributed by atoms with Crippen LogP contribution in [0.5, 0.6) is 0 Å². The number of hydrogen-bond donors (Lipinski definition) is 0. The van der Waals surface area contributed by atoms with Gasteiger partial charge in [0.15, 0.2) is 0 Å². The maximum atomic E-state index is 3.60. The van der Waals surface area contributed by atoms with Crippen molar-refractivity contribution in [2.24, 2.45) is 0 Å². The molecule has 1 aromatic carbocycles. The molecule has 16 heavy (non-hydrogen) atoms. The monoisotopic (exact) mass is 294 g/mol. The van der Waals surface area contributed by atoms with Crippen LogP contribution in [0.2, 0.25) is 0 Å². The Morgan fingerprint density at radius 3 is 1.31 bits per heavy atom. The van der Waals surface area contributed by atoms with Crippen LogP contribution in [0.4, 0.5) is 0 Å². The maximum Gasteiger partial charge on any atom is 0.316 e. The second-order valence-corrected chi connectivity index (χ2v) is 7.14. The molecule has 0 heterocycles. The Morgan fingerprint density at radius 2 is 1.06 bits per heavy atom. The van der Waals surface area contributed by atoms with Crippen LogP contribution in [-0.2, 0) is 10.8 Å². The minimum absolute atomic E-state index is 0. The molecule has 88 valence electrons. The fourth-order valence-electron chi connectivity index (χ4n) is 1.46. The van der Waals surface area contributed by atoms with Crippen LogP contribution in [-0.4, -0.2) is 23.1 Å². The summed E-state index contributed by atoms with van der Waals surface area (Å²) in [4.78, 5) is 0. The van der Waals surface area contributed by atoms with Gasteiger partial charge in [-0.1, -0.05) is 63.5 Å². The van der Waals surface area contributed by atoms with Crippen LogP contribution in [0.3, 0.4) is 0 Å². The van der Waals surface area contributed by atoms with Gasteiger partial charge in [0, 0.05) is 4.47 Å². The third-order valence-corrected chi connectivity index (χ3v) is 3.09. The van der Waals surface area contributed by atoms with Crippen LogP contribution in [0, 0.1) is 0 Å². The molecule has 0 unspecified atom stereocenters. The van der Waals surface area contributed by atoms with E-state index in [1.165, 1.54) is 15.6 Å². The van der Waals surface area contributed by atoms with Crippen molar-refractivity contribution in [1.82, 2.24) is 0 Å². The van der Waals surface area contributed by atoms with Crippen molar-refractivity contribution in [1.29, 1.82) is 0 Å². The zero-order valence-electron chi connectivity index (χ0n) is 10.6. The molecule has 0 saturated heterocycles. The van der Waals surface area contributed by atoms with Gasteiger partial charge in [-0.05, 0) is 34.1 Å². The predicted octanol–water partition coefficient (Wildman–Crippen LogP) is 4.13. The zero-order valence-corrected chi connectivity index (χ0v) is 12.2. The Bertz CT molecular complexity index is 324.